The number of hydrogen-bond acceptors (Lipinski definition) is 4. The first-order valence-corrected chi connectivity index (χ1v) is 7.15. The van der Waals surface area contributed by atoms with Gasteiger partial charge in [0.25, 0.3) is 0 Å². The fraction of sp³-hybridized carbons (Fsp3) is 0.818. The summed E-state index contributed by atoms with van der Waals surface area (Å²) in [4.78, 5) is 25.2. The van der Waals surface area contributed by atoms with Gasteiger partial charge < -0.3 is 15.5 Å². The van der Waals surface area contributed by atoms with Crippen molar-refractivity contribution in [1.29, 1.82) is 0 Å². The minimum Gasteiger partial charge on any atom is -0.354 e. The summed E-state index contributed by atoms with van der Waals surface area (Å²) < 4.78 is 0. The normalized spacial score (nSPS) is 19.4. The van der Waals surface area contributed by atoms with Crippen molar-refractivity contribution < 1.29 is 9.59 Å². The molecular weight excluding hydrogens is 238 g/mol. The van der Waals surface area contributed by atoms with Gasteiger partial charge in [-0.15, -0.1) is 11.8 Å². The second kappa shape index (κ2) is 7.55. The number of hydrogen-bond donors (Lipinski definition) is 2. The van der Waals surface area contributed by atoms with Gasteiger partial charge in [0, 0.05) is 18.7 Å². The predicted octanol–water partition coefficient (Wildman–Crippen LogP) is 0.0236. The molecule has 6 heteroatoms. The molecule has 1 saturated heterocycles. The van der Waals surface area contributed by atoms with Crippen molar-refractivity contribution in [2.24, 2.45) is 0 Å². The molecule has 17 heavy (non-hydrogen) atoms. The molecule has 5 nitrogen and oxygen atoms in total. The first-order chi connectivity index (χ1) is 8.20. The third-order valence-electron chi connectivity index (χ3n) is 2.71. The zero-order valence-electron chi connectivity index (χ0n) is 10.5. The molecule has 2 N–H and O–H groups in total. The van der Waals surface area contributed by atoms with Gasteiger partial charge in [0.15, 0.2) is 0 Å². The maximum Gasteiger partial charge on any atom is 0.243 e. The van der Waals surface area contributed by atoms with Crippen LogP contribution in [0.15, 0.2) is 0 Å². The smallest absolute Gasteiger partial charge is 0.243 e. The minimum absolute atomic E-state index is 0.0205. The van der Waals surface area contributed by atoms with E-state index in [0.29, 0.717) is 24.6 Å². The van der Waals surface area contributed by atoms with Gasteiger partial charge >= 0.3 is 0 Å². The molecule has 0 aliphatic carbocycles. The summed E-state index contributed by atoms with van der Waals surface area (Å²) in [5.74, 6) is 1.39. The van der Waals surface area contributed by atoms with Crippen LogP contribution in [0.1, 0.15) is 19.8 Å². The second-order valence-corrected chi connectivity index (χ2v) is 4.98. The van der Waals surface area contributed by atoms with E-state index in [1.165, 1.54) is 0 Å². The molecule has 1 unspecified atom stereocenters. The Morgan fingerprint density at radius 3 is 2.82 bits per heavy atom. The number of nitrogens with one attached hydrogen (secondary N) is 2. The quantitative estimate of drug-likeness (QED) is 0.660. The van der Waals surface area contributed by atoms with E-state index in [0.717, 1.165) is 13.0 Å². The zero-order chi connectivity index (χ0) is 12.7. The van der Waals surface area contributed by atoms with Gasteiger partial charge in [-0.2, -0.15) is 0 Å². The number of nitrogens with zero attached hydrogens (tertiary/aromatic N) is 1. The van der Waals surface area contributed by atoms with E-state index in [1.54, 1.807) is 16.7 Å². The Morgan fingerprint density at radius 1 is 1.41 bits per heavy atom. The maximum absolute atomic E-state index is 11.9. The van der Waals surface area contributed by atoms with Crippen molar-refractivity contribution >= 4 is 23.6 Å². The van der Waals surface area contributed by atoms with Crippen LogP contribution >= 0.6 is 11.8 Å². The molecule has 1 atom stereocenters. The summed E-state index contributed by atoms with van der Waals surface area (Å²) in [6.07, 6.45) is 1.37. The molecule has 0 aromatic rings. The third kappa shape index (κ3) is 4.20. The largest absolute Gasteiger partial charge is 0.354 e. The SMILES string of the molecule is CCC(=O)N1CSCC1C(=O)NCCCNC. The van der Waals surface area contributed by atoms with Crippen LogP contribution in [-0.2, 0) is 9.59 Å². The lowest BCUT2D eigenvalue weighted by atomic mass is 10.2. The molecule has 0 bridgehead atoms. The van der Waals surface area contributed by atoms with E-state index >= 15 is 0 Å². The van der Waals surface area contributed by atoms with Gasteiger partial charge in [0.2, 0.25) is 11.8 Å². The summed E-state index contributed by atoms with van der Waals surface area (Å²) in [5.41, 5.74) is 0. The van der Waals surface area contributed by atoms with Gasteiger partial charge in [0.05, 0.1) is 5.88 Å². The molecule has 0 aromatic carbocycles. The number of thioether (sulfide) groups is 1. The molecule has 0 saturated carbocycles. The standard InChI is InChI=1S/C11H21N3O2S/c1-3-10(15)14-8-17-7-9(14)11(16)13-6-4-5-12-2/h9,12H,3-8H2,1-2H3,(H,13,16). The van der Waals surface area contributed by atoms with Crippen molar-refractivity contribution in [2.45, 2.75) is 25.8 Å². The summed E-state index contributed by atoms with van der Waals surface area (Å²) >= 11 is 1.64. The first-order valence-electron chi connectivity index (χ1n) is 6.00. The van der Waals surface area contributed by atoms with Crippen LogP contribution in [0.4, 0.5) is 0 Å². The van der Waals surface area contributed by atoms with E-state index < -0.39 is 0 Å². The van der Waals surface area contributed by atoms with Gasteiger partial charge in [-0.25, -0.2) is 0 Å². The van der Waals surface area contributed by atoms with Crippen LogP contribution < -0.4 is 10.6 Å². The molecule has 98 valence electrons. The number of amides is 2. The maximum atomic E-state index is 11.9. The van der Waals surface area contributed by atoms with Crippen molar-refractivity contribution in [3.63, 3.8) is 0 Å². The molecule has 0 radical (unpaired) electrons. The van der Waals surface area contributed by atoms with Crippen LogP contribution in [0.5, 0.6) is 0 Å². The second-order valence-electron chi connectivity index (χ2n) is 3.98. The highest BCUT2D eigenvalue weighted by Crippen LogP contribution is 2.21. The lowest BCUT2D eigenvalue weighted by molar-refractivity contribution is -0.137. The minimum atomic E-state index is -0.276. The van der Waals surface area contributed by atoms with Crippen LogP contribution in [0.25, 0.3) is 0 Å². The van der Waals surface area contributed by atoms with E-state index in [-0.39, 0.29) is 17.9 Å². The third-order valence-corrected chi connectivity index (χ3v) is 3.72. The fourth-order valence-corrected chi connectivity index (χ4v) is 2.88. The number of rotatable bonds is 6. The molecule has 1 fully saturated rings. The highest BCUT2D eigenvalue weighted by molar-refractivity contribution is 7.99. The van der Waals surface area contributed by atoms with E-state index in [9.17, 15) is 9.59 Å². The fourth-order valence-electron chi connectivity index (χ4n) is 1.70. The Bertz CT molecular complexity index is 273. The number of carbonyl (C=O) groups is 2. The van der Waals surface area contributed by atoms with E-state index in [2.05, 4.69) is 10.6 Å². The highest BCUT2D eigenvalue weighted by Gasteiger charge is 2.33. The summed E-state index contributed by atoms with van der Waals surface area (Å²) in [7, 11) is 1.89. The topological polar surface area (TPSA) is 61.4 Å². The van der Waals surface area contributed by atoms with Gasteiger partial charge in [0.1, 0.15) is 6.04 Å². The lowest BCUT2D eigenvalue weighted by Gasteiger charge is -2.22. The average molecular weight is 259 g/mol. The molecule has 1 aliphatic heterocycles. The van der Waals surface area contributed by atoms with Crippen molar-refractivity contribution in [2.75, 3.05) is 31.8 Å². The Hall–Kier alpha value is -0.750. The highest BCUT2D eigenvalue weighted by atomic mass is 32.2. The van der Waals surface area contributed by atoms with Crippen molar-refractivity contribution in [3.8, 4) is 0 Å². The number of carbonyl (C=O) groups excluding carboxylic acids is 2. The van der Waals surface area contributed by atoms with E-state index in [1.807, 2.05) is 14.0 Å². The molecule has 1 aliphatic rings. The molecule has 1 rings (SSSR count). The first kappa shape index (κ1) is 14.3. The van der Waals surface area contributed by atoms with Crippen LogP contribution in [0.2, 0.25) is 0 Å². The monoisotopic (exact) mass is 259 g/mol. The zero-order valence-corrected chi connectivity index (χ0v) is 11.3. The average Bonchev–Trinajstić information content (AvgIpc) is 2.82. The summed E-state index contributed by atoms with van der Waals surface area (Å²) in [6, 6.07) is -0.276. The molecule has 0 aromatic heterocycles. The van der Waals surface area contributed by atoms with Gasteiger partial charge in [-0.1, -0.05) is 6.92 Å². The van der Waals surface area contributed by atoms with Gasteiger partial charge in [-0.3, -0.25) is 9.59 Å². The molecule has 0 spiro atoms. The Labute approximate surface area is 107 Å². The van der Waals surface area contributed by atoms with Crippen molar-refractivity contribution in [1.82, 2.24) is 15.5 Å². The van der Waals surface area contributed by atoms with Crippen LogP contribution in [0, 0.1) is 0 Å². The lowest BCUT2D eigenvalue weighted by Crippen LogP contribution is -2.47. The van der Waals surface area contributed by atoms with Gasteiger partial charge in [-0.05, 0) is 20.0 Å². The summed E-state index contributed by atoms with van der Waals surface area (Å²) in [6.45, 7) is 3.37. The Balaban J connectivity index is 2.37. The molecule has 2 amide bonds. The predicted molar refractivity (Wildman–Crippen MR) is 69.8 cm³/mol. The van der Waals surface area contributed by atoms with E-state index in [4.69, 9.17) is 0 Å². The van der Waals surface area contributed by atoms with Crippen LogP contribution in [0.3, 0.4) is 0 Å². The summed E-state index contributed by atoms with van der Waals surface area (Å²) in [5, 5.41) is 5.91. The Kier molecular flexibility index (Phi) is 6.36. The molecule has 1 heterocycles. The van der Waals surface area contributed by atoms with Crippen LogP contribution in [-0.4, -0.2) is 54.5 Å². The molecular formula is C11H21N3O2S. The Morgan fingerprint density at radius 2 is 2.18 bits per heavy atom. The van der Waals surface area contributed by atoms with Crippen molar-refractivity contribution in [3.05, 3.63) is 0 Å².